The van der Waals surface area contributed by atoms with E-state index in [1.165, 1.54) is 6.21 Å². The molecular formula is C14H13ClN2O4. The van der Waals surface area contributed by atoms with Gasteiger partial charge in [-0.25, -0.2) is 4.99 Å². The highest BCUT2D eigenvalue weighted by Gasteiger charge is 2.18. The molecule has 1 amide bonds. The molecule has 1 aliphatic heterocycles. The molecule has 21 heavy (non-hydrogen) atoms. The van der Waals surface area contributed by atoms with Crippen molar-refractivity contribution in [3.8, 4) is 0 Å². The molecule has 0 saturated carbocycles. The molecule has 0 saturated heterocycles. The summed E-state index contributed by atoms with van der Waals surface area (Å²) in [5, 5.41) is 2.72. The SMILES string of the molecule is O=NCCOCc1ccc(COC2=C(Cl)C(=O)N=C2)cc1. The maximum absolute atomic E-state index is 11.1. The van der Waals surface area contributed by atoms with Crippen molar-refractivity contribution in [2.75, 3.05) is 13.2 Å². The fourth-order valence-electron chi connectivity index (χ4n) is 1.62. The largest absolute Gasteiger partial charge is 0.485 e. The van der Waals surface area contributed by atoms with Crippen LogP contribution in [0, 0.1) is 4.91 Å². The van der Waals surface area contributed by atoms with E-state index in [1.54, 1.807) is 0 Å². The topological polar surface area (TPSA) is 77.3 Å². The number of amides is 1. The number of ether oxygens (including phenoxy) is 2. The number of halogens is 1. The highest BCUT2D eigenvalue weighted by atomic mass is 35.5. The summed E-state index contributed by atoms with van der Waals surface area (Å²) in [4.78, 5) is 24.5. The zero-order chi connectivity index (χ0) is 15.1. The molecule has 0 fully saturated rings. The smallest absolute Gasteiger partial charge is 0.292 e. The van der Waals surface area contributed by atoms with Gasteiger partial charge >= 0.3 is 0 Å². The Bertz CT molecular complexity index is 581. The summed E-state index contributed by atoms with van der Waals surface area (Å²) in [7, 11) is 0. The fourth-order valence-corrected chi connectivity index (χ4v) is 1.77. The Kier molecular flexibility index (Phi) is 5.59. The van der Waals surface area contributed by atoms with Gasteiger partial charge in [0.05, 0.1) is 19.4 Å². The second kappa shape index (κ2) is 7.66. The zero-order valence-corrected chi connectivity index (χ0v) is 11.9. The number of aliphatic imine (C=N–C) groups is 1. The summed E-state index contributed by atoms with van der Waals surface area (Å²) >= 11 is 5.74. The van der Waals surface area contributed by atoms with Crippen LogP contribution in [0.15, 0.2) is 45.2 Å². The van der Waals surface area contributed by atoms with Crippen LogP contribution in [0.25, 0.3) is 0 Å². The lowest BCUT2D eigenvalue weighted by atomic mass is 10.1. The Morgan fingerprint density at radius 2 is 1.81 bits per heavy atom. The van der Waals surface area contributed by atoms with Gasteiger partial charge in [-0.05, 0) is 11.1 Å². The lowest BCUT2D eigenvalue weighted by Crippen LogP contribution is -1.99. The van der Waals surface area contributed by atoms with E-state index in [4.69, 9.17) is 21.1 Å². The van der Waals surface area contributed by atoms with E-state index in [0.29, 0.717) is 19.8 Å². The first-order valence-electron chi connectivity index (χ1n) is 6.26. The summed E-state index contributed by atoms with van der Waals surface area (Å²) in [5.74, 6) is -0.195. The van der Waals surface area contributed by atoms with Gasteiger partial charge in [-0.15, -0.1) is 0 Å². The minimum atomic E-state index is -0.482. The molecule has 6 nitrogen and oxygen atoms in total. The third kappa shape index (κ3) is 4.47. The summed E-state index contributed by atoms with van der Waals surface area (Å²) in [6.45, 7) is 1.19. The number of hydrogen-bond donors (Lipinski definition) is 0. The number of nitroso groups, excluding NO2 is 1. The van der Waals surface area contributed by atoms with E-state index < -0.39 is 5.91 Å². The molecule has 1 aromatic carbocycles. The van der Waals surface area contributed by atoms with Crippen LogP contribution in [0.4, 0.5) is 0 Å². The van der Waals surface area contributed by atoms with Gasteiger partial charge in [0, 0.05) is 0 Å². The summed E-state index contributed by atoms with van der Waals surface area (Å²) in [5.41, 5.74) is 1.91. The summed E-state index contributed by atoms with van der Waals surface area (Å²) in [6.07, 6.45) is 1.31. The molecule has 1 heterocycles. The molecule has 2 rings (SSSR count). The highest BCUT2D eigenvalue weighted by molar-refractivity contribution is 6.45. The van der Waals surface area contributed by atoms with Crippen molar-refractivity contribution < 1.29 is 14.3 Å². The number of hydrogen-bond acceptors (Lipinski definition) is 5. The number of benzene rings is 1. The predicted octanol–water partition coefficient (Wildman–Crippen LogP) is 2.55. The van der Waals surface area contributed by atoms with Crippen molar-refractivity contribution in [3.63, 3.8) is 0 Å². The zero-order valence-electron chi connectivity index (χ0n) is 11.1. The molecule has 0 bridgehead atoms. The van der Waals surface area contributed by atoms with Crippen LogP contribution in [0.3, 0.4) is 0 Å². The van der Waals surface area contributed by atoms with E-state index in [9.17, 15) is 9.70 Å². The second-order valence-electron chi connectivity index (χ2n) is 4.25. The van der Waals surface area contributed by atoms with Gasteiger partial charge in [0.1, 0.15) is 13.2 Å². The van der Waals surface area contributed by atoms with Crippen molar-refractivity contribution >= 4 is 23.7 Å². The Hall–Kier alpha value is -2.05. The van der Waals surface area contributed by atoms with Crippen molar-refractivity contribution in [2.45, 2.75) is 13.2 Å². The van der Waals surface area contributed by atoms with Gasteiger partial charge in [0.15, 0.2) is 10.8 Å². The number of rotatable bonds is 8. The molecule has 0 radical (unpaired) electrons. The molecule has 0 aliphatic carbocycles. The quantitative estimate of drug-likeness (QED) is 0.546. The molecule has 1 aromatic rings. The number of carbonyl (C=O) groups is 1. The van der Waals surface area contributed by atoms with Crippen LogP contribution in [0.5, 0.6) is 0 Å². The average Bonchev–Trinajstić information content (AvgIpc) is 2.82. The number of carbonyl (C=O) groups excluding carboxylic acids is 1. The second-order valence-corrected chi connectivity index (χ2v) is 4.63. The third-order valence-corrected chi connectivity index (χ3v) is 3.06. The van der Waals surface area contributed by atoms with E-state index in [1.807, 2.05) is 24.3 Å². The van der Waals surface area contributed by atoms with Gasteiger partial charge in [-0.3, -0.25) is 4.79 Å². The van der Waals surface area contributed by atoms with Crippen LogP contribution in [0.2, 0.25) is 0 Å². The van der Waals surface area contributed by atoms with Gasteiger partial charge < -0.3 is 9.47 Å². The molecule has 0 spiro atoms. The normalized spacial score (nSPS) is 13.9. The Morgan fingerprint density at radius 1 is 1.14 bits per heavy atom. The minimum Gasteiger partial charge on any atom is -0.485 e. The van der Waals surface area contributed by atoms with Crippen LogP contribution in [-0.4, -0.2) is 25.3 Å². The van der Waals surface area contributed by atoms with Crippen molar-refractivity contribution in [1.82, 2.24) is 0 Å². The summed E-state index contributed by atoms with van der Waals surface area (Å²) in [6, 6.07) is 7.58. The predicted molar refractivity (Wildman–Crippen MR) is 77.9 cm³/mol. The first-order valence-corrected chi connectivity index (χ1v) is 6.64. The molecule has 0 unspecified atom stereocenters. The Morgan fingerprint density at radius 3 is 2.38 bits per heavy atom. The van der Waals surface area contributed by atoms with E-state index in [0.717, 1.165) is 11.1 Å². The van der Waals surface area contributed by atoms with Gasteiger partial charge in [-0.2, -0.15) is 4.91 Å². The van der Waals surface area contributed by atoms with Gasteiger partial charge in [-0.1, -0.05) is 41.0 Å². The van der Waals surface area contributed by atoms with E-state index in [2.05, 4.69) is 10.2 Å². The molecule has 0 atom stereocenters. The van der Waals surface area contributed by atoms with Crippen molar-refractivity contribution in [2.24, 2.45) is 10.2 Å². The van der Waals surface area contributed by atoms with E-state index in [-0.39, 0.29) is 17.3 Å². The van der Waals surface area contributed by atoms with Crippen LogP contribution < -0.4 is 0 Å². The van der Waals surface area contributed by atoms with Gasteiger partial charge in [0.25, 0.3) is 5.91 Å². The molecule has 7 heteroatoms. The monoisotopic (exact) mass is 308 g/mol. The number of allylic oxidation sites excluding steroid dienone is 1. The molecule has 0 aromatic heterocycles. The Labute approximate surface area is 126 Å². The molecule has 110 valence electrons. The van der Waals surface area contributed by atoms with Crippen LogP contribution >= 0.6 is 11.6 Å². The first kappa shape index (κ1) is 15.3. The number of nitrogens with zero attached hydrogens (tertiary/aromatic N) is 2. The maximum atomic E-state index is 11.1. The van der Waals surface area contributed by atoms with Crippen molar-refractivity contribution in [3.05, 3.63) is 51.1 Å². The van der Waals surface area contributed by atoms with E-state index >= 15 is 0 Å². The Balaban J connectivity index is 1.81. The average molecular weight is 309 g/mol. The highest BCUT2D eigenvalue weighted by Crippen LogP contribution is 2.18. The van der Waals surface area contributed by atoms with Crippen molar-refractivity contribution in [1.29, 1.82) is 0 Å². The van der Waals surface area contributed by atoms with Crippen LogP contribution in [-0.2, 0) is 27.5 Å². The molecular weight excluding hydrogens is 296 g/mol. The lowest BCUT2D eigenvalue weighted by Gasteiger charge is -2.07. The third-order valence-electron chi connectivity index (χ3n) is 2.72. The molecule has 1 aliphatic rings. The minimum absolute atomic E-state index is 0.00353. The van der Waals surface area contributed by atoms with Gasteiger partial charge in [0.2, 0.25) is 0 Å². The maximum Gasteiger partial charge on any atom is 0.292 e. The lowest BCUT2D eigenvalue weighted by molar-refractivity contribution is -0.113. The summed E-state index contributed by atoms with van der Waals surface area (Å²) < 4.78 is 10.7. The first-order chi connectivity index (χ1) is 10.2. The van der Waals surface area contributed by atoms with Crippen LogP contribution in [0.1, 0.15) is 11.1 Å². The standard InChI is InChI=1S/C14H13ClN2O4/c15-13-12(7-16-14(13)18)21-9-11-3-1-10(2-4-11)8-20-6-5-17-19/h1-4,7H,5-6,8-9H2. The molecule has 0 N–H and O–H groups in total. The fraction of sp³-hybridized carbons (Fsp3) is 0.286.